The summed E-state index contributed by atoms with van der Waals surface area (Å²) in [5, 5.41) is 10.2. The third-order valence-electron chi connectivity index (χ3n) is 3.90. The smallest absolute Gasteiger partial charge is 0.137 e. The highest BCUT2D eigenvalue weighted by molar-refractivity contribution is 9.10. The van der Waals surface area contributed by atoms with E-state index in [0.29, 0.717) is 28.5 Å². The van der Waals surface area contributed by atoms with Gasteiger partial charge in [0.25, 0.3) is 0 Å². The SMILES string of the molecule is CC1CC1c1ccc(C(O)Cc2cccc(F)c2Br)o1. The number of aliphatic hydroxyl groups excluding tert-OH is 1. The lowest BCUT2D eigenvalue weighted by molar-refractivity contribution is 0.148. The molecule has 1 aromatic carbocycles. The van der Waals surface area contributed by atoms with Crippen LogP contribution in [0.2, 0.25) is 0 Å². The molecule has 0 aliphatic heterocycles. The zero-order chi connectivity index (χ0) is 14.3. The fourth-order valence-electron chi connectivity index (χ4n) is 2.48. The molecule has 3 unspecified atom stereocenters. The molecule has 1 heterocycles. The van der Waals surface area contributed by atoms with Crippen LogP contribution in [-0.2, 0) is 6.42 Å². The third kappa shape index (κ3) is 2.67. The monoisotopic (exact) mass is 338 g/mol. The van der Waals surface area contributed by atoms with Crippen LogP contribution in [0.3, 0.4) is 0 Å². The molecule has 1 aliphatic rings. The largest absolute Gasteiger partial charge is 0.463 e. The number of furan rings is 1. The molecule has 1 saturated carbocycles. The molecule has 0 radical (unpaired) electrons. The molecule has 2 aromatic rings. The van der Waals surface area contributed by atoms with Gasteiger partial charge in [0.1, 0.15) is 23.4 Å². The number of halogens is 2. The molecule has 1 N–H and O–H groups in total. The van der Waals surface area contributed by atoms with E-state index in [1.165, 1.54) is 6.07 Å². The molecule has 0 saturated heterocycles. The molecule has 1 aliphatic carbocycles. The van der Waals surface area contributed by atoms with Crippen LogP contribution in [0.15, 0.2) is 39.2 Å². The Balaban J connectivity index is 1.74. The Kier molecular flexibility index (Phi) is 3.69. The topological polar surface area (TPSA) is 33.4 Å². The van der Waals surface area contributed by atoms with Crippen LogP contribution in [0.5, 0.6) is 0 Å². The van der Waals surface area contributed by atoms with E-state index in [1.807, 2.05) is 12.1 Å². The Hall–Kier alpha value is -1.13. The van der Waals surface area contributed by atoms with E-state index < -0.39 is 6.10 Å². The standard InChI is InChI=1S/C16H16BrFO2/c1-9-7-11(9)14-5-6-15(20-14)13(19)8-10-3-2-4-12(18)16(10)17/h2-6,9,11,13,19H,7-8H2,1H3. The summed E-state index contributed by atoms with van der Waals surface area (Å²) in [6.45, 7) is 2.19. The van der Waals surface area contributed by atoms with Crippen LogP contribution in [-0.4, -0.2) is 5.11 Å². The van der Waals surface area contributed by atoms with Gasteiger partial charge in [-0.25, -0.2) is 4.39 Å². The van der Waals surface area contributed by atoms with E-state index >= 15 is 0 Å². The van der Waals surface area contributed by atoms with Crippen molar-refractivity contribution in [2.75, 3.05) is 0 Å². The molecule has 2 nitrogen and oxygen atoms in total. The van der Waals surface area contributed by atoms with E-state index in [0.717, 1.165) is 17.7 Å². The van der Waals surface area contributed by atoms with Crippen molar-refractivity contribution in [3.05, 3.63) is 57.7 Å². The van der Waals surface area contributed by atoms with E-state index in [1.54, 1.807) is 12.1 Å². The quantitative estimate of drug-likeness (QED) is 0.884. The molecule has 4 heteroatoms. The van der Waals surface area contributed by atoms with Crippen molar-refractivity contribution < 1.29 is 13.9 Å². The van der Waals surface area contributed by atoms with Crippen LogP contribution in [0.25, 0.3) is 0 Å². The molecule has 1 aromatic heterocycles. The summed E-state index contributed by atoms with van der Waals surface area (Å²) in [6, 6.07) is 8.58. The highest BCUT2D eigenvalue weighted by Gasteiger charge is 2.36. The first-order valence-electron chi connectivity index (χ1n) is 6.77. The van der Waals surface area contributed by atoms with E-state index in [-0.39, 0.29) is 5.82 Å². The fourth-order valence-corrected chi connectivity index (χ4v) is 2.91. The summed E-state index contributed by atoms with van der Waals surface area (Å²) in [5.41, 5.74) is 0.732. The lowest BCUT2D eigenvalue weighted by Gasteiger charge is -2.10. The second kappa shape index (κ2) is 5.34. The minimum absolute atomic E-state index is 0.318. The first kappa shape index (κ1) is 13.8. The van der Waals surface area contributed by atoms with E-state index in [4.69, 9.17) is 4.42 Å². The maximum atomic E-state index is 13.4. The number of benzene rings is 1. The van der Waals surface area contributed by atoms with Crippen molar-refractivity contribution in [2.24, 2.45) is 5.92 Å². The van der Waals surface area contributed by atoms with Gasteiger partial charge in [-0.3, -0.25) is 0 Å². The van der Waals surface area contributed by atoms with Crippen LogP contribution < -0.4 is 0 Å². The highest BCUT2D eigenvalue weighted by atomic mass is 79.9. The molecule has 0 bridgehead atoms. The average Bonchev–Trinajstić information content (AvgIpc) is 2.96. The molecular weight excluding hydrogens is 323 g/mol. The summed E-state index contributed by atoms with van der Waals surface area (Å²) in [4.78, 5) is 0. The molecule has 0 amide bonds. The van der Waals surface area contributed by atoms with Gasteiger partial charge < -0.3 is 9.52 Å². The molecule has 20 heavy (non-hydrogen) atoms. The minimum Gasteiger partial charge on any atom is -0.463 e. The van der Waals surface area contributed by atoms with Crippen LogP contribution in [0.1, 0.15) is 42.5 Å². The molecule has 3 rings (SSSR count). The summed E-state index contributed by atoms with van der Waals surface area (Å²) >= 11 is 3.21. The lowest BCUT2D eigenvalue weighted by atomic mass is 10.1. The normalized spacial score (nSPS) is 22.8. The van der Waals surface area contributed by atoms with Crippen LogP contribution in [0.4, 0.5) is 4.39 Å². The Bertz CT molecular complexity index is 623. The number of hydrogen-bond donors (Lipinski definition) is 1. The molecular formula is C16H16BrFO2. The first-order valence-corrected chi connectivity index (χ1v) is 7.56. The van der Waals surface area contributed by atoms with Gasteiger partial charge in [0, 0.05) is 12.3 Å². The van der Waals surface area contributed by atoms with Gasteiger partial charge in [-0.2, -0.15) is 0 Å². The second-order valence-corrected chi connectivity index (χ2v) is 6.29. The van der Waals surface area contributed by atoms with Gasteiger partial charge in [0.2, 0.25) is 0 Å². The molecule has 1 fully saturated rings. The number of rotatable bonds is 4. The lowest BCUT2D eigenvalue weighted by Crippen LogP contribution is -2.02. The van der Waals surface area contributed by atoms with Crippen molar-refractivity contribution in [2.45, 2.75) is 31.8 Å². The summed E-state index contributed by atoms with van der Waals surface area (Å²) in [6.07, 6.45) is 0.722. The van der Waals surface area contributed by atoms with Crippen molar-refractivity contribution in [1.82, 2.24) is 0 Å². The van der Waals surface area contributed by atoms with Gasteiger partial charge >= 0.3 is 0 Å². The minimum atomic E-state index is -0.754. The van der Waals surface area contributed by atoms with Crippen LogP contribution >= 0.6 is 15.9 Å². The van der Waals surface area contributed by atoms with Crippen LogP contribution in [0, 0.1) is 11.7 Å². The van der Waals surface area contributed by atoms with Crippen molar-refractivity contribution in [1.29, 1.82) is 0 Å². The van der Waals surface area contributed by atoms with Crippen molar-refractivity contribution in [3.63, 3.8) is 0 Å². The summed E-state index contributed by atoms with van der Waals surface area (Å²) in [7, 11) is 0. The van der Waals surface area contributed by atoms with Crippen molar-refractivity contribution in [3.8, 4) is 0 Å². The maximum Gasteiger partial charge on any atom is 0.137 e. The summed E-state index contributed by atoms with van der Waals surface area (Å²) in [5.74, 6) is 2.35. The van der Waals surface area contributed by atoms with Gasteiger partial charge in [0.15, 0.2) is 0 Å². The predicted molar refractivity (Wildman–Crippen MR) is 78.0 cm³/mol. The summed E-state index contributed by atoms with van der Waals surface area (Å²) < 4.78 is 19.6. The maximum absolute atomic E-state index is 13.4. The van der Waals surface area contributed by atoms with Gasteiger partial charge in [-0.15, -0.1) is 0 Å². The number of aliphatic hydroxyl groups is 1. The van der Waals surface area contributed by atoms with Gasteiger partial charge in [-0.1, -0.05) is 19.1 Å². The average molecular weight is 339 g/mol. The zero-order valence-electron chi connectivity index (χ0n) is 11.1. The Morgan fingerprint density at radius 2 is 2.15 bits per heavy atom. The van der Waals surface area contributed by atoms with Gasteiger partial charge in [0.05, 0.1) is 4.47 Å². The first-order chi connectivity index (χ1) is 9.56. The second-order valence-electron chi connectivity index (χ2n) is 5.49. The Labute approximate surface area is 125 Å². The molecule has 106 valence electrons. The molecule has 3 atom stereocenters. The highest BCUT2D eigenvalue weighted by Crippen LogP contribution is 2.47. The van der Waals surface area contributed by atoms with Crippen molar-refractivity contribution >= 4 is 15.9 Å². The fraction of sp³-hybridized carbons (Fsp3) is 0.375. The van der Waals surface area contributed by atoms with Gasteiger partial charge in [-0.05, 0) is 52.0 Å². The predicted octanol–water partition coefficient (Wildman–Crippen LogP) is 4.58. The van der Waals surface area contributed by atoms with E-state index in [2.05, 4.69) is 22.9 Å². The zero-order valence-corrected chi connectivity index (χ0v) is 12.7. The third-order valence-corrected chi connectivity index (χ3v) is 4.78. The Morgan fingerprint density at radius 3 is 2.85 bits per heavy atom. The Morgan fingerprint density at radius 1 is 1.40 bits per heavy atom. The molecule has 0 spiro atoms. The number of hydrogen-bond acceptors (Lipinski definition) is 2. The van der Waals surface area contributed by atoms with E-state index in [9.17, 15) is 9.50 Å².